The molecular formula is C28H33Cl3N4S. The van der Waals surface area contributed by atoms with Crippen LogP contribution >= 0.6 is 11.3 Å². The minimum absolute atomic E-state index is 0. The first-order chi connectivity index (χ1) is 16.2. The van der Waals surface area contributed by atoms with Crippen LogP contribution in [0.3, 0.4) is 0 Å². The molecule has 1 saturated heterocycles. The van der Waals surface area contributed by atoms with Crippen molar-refractivity contribution in [2.45, 2.75) is 25.8 Å². The third-order valence-electron chi connectivity index (χ3n) is 7.79. The normalized spacial score (nSPS) is 20.3. The molecule has 3 aromatic carbocycles. The van der Waals surface area contributed by atoms with Crippen LogP contribution in [0.1, 0.15) is 27.6 Å². The third kappa shape index (κ3) is 5.52. The zero-order valence-corrected chi connectivity index (χ0v) is 23.5. The quantitative estimate of drug-likeness (QED) is 0.222. The number of aromatic nitrogens is 1. The smallest absolute Gasteiger partial charge is 0.330 e. The summed E-state index contributed by atoms with van der Waals surface area (Å²) in [4.78, 5) is 8.08. The van der Waals surface area contributed by atoms with Gasteiger partial charge in [-0.05, 0) is 28.8 Å². The highest BCUT2D eigenvalue weighted by Gasteiger charge is 2.35. The minimum atomic E-state index is 0. The molecule has 1 aromatic heterocycles. The Kier molecular flexibility index (Phi) is 9.67. The lowest BCUT2D eigenvalue weighted by Gasteiger charge is -2.33. The molecular weight excluding hydrogens is 531 g/mol. The van der Waals surface area contributed by atoms with Crippen molar-refractivity contribution < 1.29 is 52.0 Å². The summed E-state index contributed by atoms with van der Waals surface area (Å²) in [6.07, 6.45) is 2.36. The first-order valence-corrected chi connectivity index (χ1v) is 13.0. The number of halogens is 3. The van der Waals surface area contributed by atoms with Gasteiger partial charge in [-0.15, -0.1) is 0 Å². The van der Waals surface area contributed by atoms with Crippen LogP contribution in [0.5, 0.6) is 0 Å². The van der Waals surface area contributed by atoms with Gasteiger partial charge < -0.3 is 47.0 Å². The molecule has 4 nitrogen and oxygen atoms in total. The van der Waals surface area contributed by atoms with Crippen molar-refractivity contribution in [1.82, 2.24) is 0 Å². The zero-order chi connectivity index (χ0) is 22.4. The number of piperazine rings is 1. The van der Waals surface area contributed by atoms with Crippen LogP contribution in [0.25, 0.3) is 22.0 Å². The van der Waals surface area contributed by atoms with Crippen molar-refractivity contribution >= 4 is 27.2 Å². The number of thiazole rings is 1. The molecule has 0 spiro atoms. The number of nitrogens with one attached hydrogen (secondary N) is 3. The van der Waals surface area contributed by atoms with E-state index in [1.807, 2.05) is 0 Å². The molecule has 0 radical (unpaired) electrons. The van der Waals surface area contributed by atoms with Gasteiger partial charge in [0.25, 0.3) is 0 Å². The largest absolute Gasteiger partial charge is 1.00 e. The van der Waals surface area contributed by atoms with Gasteiger partial charge in [0, 0.05) is 24.0 Å². The Bertz CT molecular complexity index is 1290. The summed E-state index contributed by atoms with van der Waals surface area (Å²) in [6, 6.07) is 23.4. The molecule has 2 heterocycles. The number of aromatic amines is 1. The number of benzene rings is 3. The van der Waals surface area contributed by atoms with Gasteiger partial charge in [-0.1, -0.05) is 72.0 Å². The molecule has 36 heavy (non-hydrogen) atoms. The van der Waals surface area contributed by atoms with Gasteiger partial charge in [0.15, 0.2) is 0 Å². The van der Waals surface area contributed by atoms with Crippen molar-refractivity contribution in [1.29, 1.82) is 0 Å². The Labute approximate surface area is 236 Å². The summed E-state index contributed by atoms with van der Waals surface area (Å²) in [5, 5.41) is 3.72. The van der Waals surface area contributed by atoms with Gasteiger partial charge in [-0.25, -0.2) is 4.98 Å². The number of H-pyrrole nitrogens is 1. The molecule has 6 rings (SSSR count). The summed E-state index contributed by atoms with van der Waals surface area (Å²) >= 11 is 1.62. The Morgan fingerprint density at radius 2 is 1.61 bits per heavy atom. The third-order valence-corrected chi connectivity index (χ3v) is 8.62. The van der Waals surface area contributed by atoms with Crippen LogP contribution in [0.4, 0.5) is 5.13 Å². The van der Waals surface area contributed by atoms with Crippen molar-refractivity contribution in [3.63, 3.8) is 0 Å². The fourth-order valence-corrected chi connectivity index (χ4v) is 6.77. The number of hydrogen-bond donors (Lipinski definition) is 3. The summed E-state index contributed by atoms with van der Waals surface area (Å²) < 4.78 is 0. The number of aryl methyl sites for hydroxylation is 1. The number of nitrogen functional groups attached to an aromatic ring is 1. The monoisotopic (exact) mass is 562 g/mol. The highest BCUT2D eigenvalue weighted by Crippen LogP contribution is 2.35. The van der Waals surface area contributed by atoms with E-state index in [4.69, 9.17) is 5.73 Å². The molecule has 192 valence electrons. The van der Waals surface area contributed by atoms with Crippen molar-refractivity contribution in [3.05, 3.63) is 82.2 Å². The fraction of sp³-hybridized carbons (Fsp3) is 0.321. The maximum Gasteiger partial charge on any atom is 0.330 e. The lowest BCUT2D eigenvalue weighted by Crippen LogP contribution is -3.28. The van der Waals surface area contributed by atoms with Crippen LogP contribution in [0.15, 0.2) is 60.7 Å². The number of quaternary nitrogens is 2. The van der Waals surface area contributed by atoms with E-state index in [0.29, 0.717) is 6.04 Å². The zero-order valence-electron chi connectivity index (χ0n) is 20.4. The standard InChI is InChI=1S/C28H30N4S.3ClH/c1-19-27(30-28(29)33-19)22-10-8-20(9-11-22)12-13-31-14-16-32(17-15-31)25-18-23-6-2-4-21-5-3-7-24(25)26(21)23;;;/h2-11,25H,12-18H2,1H3,(H2,29,30);3*1H. The van der Waals surface area contributed by atoms with Gasteiger partial charge in [0.05, 0.1) is 11.4 Å². The first kappa shape index (κ1) is 28.7. The maximum absolute atomic E-state index is 5.93. The highest BCUT2D eigenvalue weighted by molar-refractivity contribution is 7.15. The maximum atomic E-state index is 5.93. The summed E-state index contributed by atoms with van der Waals surface area (Å²) in [5.74, 6) is 0. The van der Waals surface area contributed by atoms with Crippen LogP contribution in [-0.2, 0) is 12.8 Å². The molecule has 0 amide bonds. The van der Waals surface area contributed by atoms with E-state index in [2.05, 4.69) is 72.6 Å². The van der Waals surface area contributed by atoms with Crippen LogP contribution < -0.4 is 57.7 Å². The highest BCUT2D eigenvalue weighted by atomic mass is 35.5. The number of rotatable bonds is 5. The second-order valence-electron chi connectivity index (χ2n) is 9.75. The molecule has 5 N–H and O–H groups in total. The lowest BCUT2D eigenvalue weighted by molar-refractivity contribution is -1.03. The second kappa shape index (κ2) is 12.1. The second-order valence-corrected chi connectivity index (χ2v) is 11.0. The summed E-state index contributed by atoms with van der Waals surface area (Å²) in [7, 11) is 0. The van der Waals surface area contributed by atoms with E-state index in [1.165, 1.54) is 65.9 Å². The van der Waals surface area contributed by atoms with Gasteiger partial charge in [-0.2, -0.15) is 0 Å². The molecule has 1 aliphatic heterocycles. The Hall–Kier alpha value is -1.86. The molecule has 0 saturated carbocycles. The van der Waals surface area contributed by atoms with Crippen LogP contribution in [-0.4, -0.2) is 32.7 Å². The van der Waals surface area contributed by atoms with E-state index < -0.39 is 0 Å². The minimum Gasteiger partial charge on any atom is -1.00 e. The van der Waals surface area contributed by atoms with E-state index in [0.717, 1.165) is 17.2 Å². The van der Waals surface area contributed by atoms with Gasteiger partial charge in [0.1, 0.15) is 37.9 Å². The van der Waals surface area contributed by atoms with Crippen molar-refractivity contribution in [2.75, 3.05) is 38.5 Å². The van der Waals surface area contributed by atoms with Gasteiger partial charge in [0.2, 0.25) is 0 Å². The van der Waals surface area contributed by atoms with Crippen molar-refractivity contribution in [2.24, 2.45) is 0 Å². The van der Waals surface area contributed by atoms with E-state index in [9.17, 15) is 0 Å². The first-order valence-electron chi connectivity index (χ1n) is 12.2. The van der Waals surface area contributed by atoms with Crippen LogP contribution in [0, 0.1) is 6.92 Å². The van der Waals surface area contributed by atoms with E-state index in [1.54, 1.807) is 32.3 Å². The average molecular weight is 564 g/mol. The SMILES string of the molecule is Cc1sc(N)[nH+]c1-c1ccc(CC[NH+]2CC[NH+](C3Cc4cccc5cccc3c45)CC2)cc1.[Cl-].[Cl-].[Cl-]. The van der Waals surface area contributed by atoms with Gasteiger partial charge >= 0.3 is 5.13 Å². The molecule has 0 bridgehead atoms. The van der Waals surface area contributed by atoms with Gasteiger partial charge in [-0.3, -0.25) is 5.73 Å². The molecule has 1 atom stereocenters. The van der Waals surface area contributed by atoms with E-state index in [-0.39, 0.29) is 37.2 Å². The Morgan fingerprint density at radius 3 is 2.28 bits per heavy atom. The molecule has 4 aromatic rings. The number of anilines is 1. The summed E-state index contributed by atoms with van der Waals surface area (Å²) in [6.45, 7) is 8.45. The van der Waals surface area contributed by atoms with Crippen molar-refractivity contribution in [3.8, 4) is 11.3 Å². The predicted molar refractivity (Wildman–Crippen MR) is 136 cm³/mol. The van der Waals surface area contributed by atoms with E-state index >= 15 is 0 Å². The van der Waals surface area contributed by atoms with Crippen LogP contribution in [0.2, 0.25) is 0 Å². The molecule has 2 aliphatic rings. The topological polar surface area (TPSA) is 49.0 Å². The predicted octanol–water partition coefficient (Wildman–Crippen LogP) is -7.09. The molecule has 1 fully saturated rings. The average Bonchev–Trinajstić information content (AvgIpc) is 3.39. The number of hydrogen-bond acceptors (Lipinski definition) is 2. The lowest BCUT2D eigenvalue weighted by atomic mass is 10.0. The molecule has 1 aliphatic carbocycles. The fourth-order valence-electron chi connectivity index (χ4n) is 6.01. The molecule has 1 unspecified atom stereocenters. The Morgan fingerprint density at radius 1 is 0.917 bits per heavy atom. The molecule has 8 heteroatoms. The Balaban J connectivity index is 0.00000120. The summed E-state index contributed by atoms with van der Waals surface area (Å²) in [5.41, 5.74) is 12.9. The number of nitrogens with two attached hydrogens (primary N) is 1.